The molecule has 6 heteroatoms. The number of piperidine rings is 1. The van der Waals surface area contributed by atoms with Crippen molar-refractivity contribution in [3.63, 3.8) is 0 Å². The van der Waals surface area contributed by atoms with Crippen molar-refractivity contribution in [3.8, 4) is 5.75 Å². The van der Waals surface area contributed by atoms with Gasteiger partial charge in [0, 0.05) is 43.3 Å². The van der Waals surface area contributed by atoms with E-state index < -0.39 is 0 Å². The number of ether oxygens (including phenoxy) is 1. The van der Waals surface area contributed by atoms with Gasteiger partial charge in [-0.2, -0.15) is 0 Å². The molecule has 1 aromatic rings. The van der Waals surface area contributed by atoms with E-state index in [-0.39, 0.29) is 24.2 Å². The molecule has 25 heavy (non-hydrogen) atoms. The fourth-order valence-corrected chi connectivity index (χ4v) is 3.80. The Morgan fingerprint density at radius 1 is 1.40 bits per heavy atom. The lowest BCUT2D eigenvalue weighted by atomic mass is 9.92. The first kappa shape index (κ1) is 19.9. The molecule has 140 valence electrons. The number of carbonyl (C=O) groups is 1. The third-order valence-electron chi connectivity index (χ3n) is 5.26. The van der Waals surface area contributed by atoms with E-state index in [4.69, 9.17) is 4.74 Å². The fourth-order valence-electron chi connectivity index (χ4n) is 3.80. The van der Waals surface area contributed by atoms with Gasteiger partial charge in [0.25, 0.3) is 0 Å². The first-order valence-electron chi connectivity index (χ1n) is 9.06. The van der Waals surface area contributed by atoms with E-state index in [1.807, 2.05) is 12.1 Å². The standard InChI is InChI=1S/C19H29N3O2.ClH/c1-14-10-16(6-8-20-14)19(23)21-12-15-7-9-22(13-15)17-4-3-5-18(11-17)24-2;/h3-5,11,14-16,20H,6-10,12-13H2,1-2H3,(H,21,23);1H/t14-,15?,16-;/m0./s1. The second-order valence-corrected chi connectivity index (χ2v) is 7.12. The summed E-state index contributed by atoms with van der Waals surface area (Å²) < 4.78 is 5.31. The Labute approximate surface area is 156 Å². The predicted octanol–water partition coefficient (Wildman–Crippen LogP) is 2.45. The van der Waals surface area contributed by atoms with Crippen LogP contribution in [0.4, 0.5) is 5.69 Å². The third kappa shape index (κ3) is 5.25. The Bertz CT molecular complexity index is 569. The lowest BCUT2D eigenvalue weighted by Crippen LogP contribution is -2.43. The number of hydrogen-bond donors (Lipinski definition) is 2. The van der Waals surface area contributed by atoms with Crippen LogP contribution in [0.2, 0.25) is 0 Å². The van der Waals surface area contributed by atoms with E-state index in [0.717, 1.165) is 51.2 Å². The number of nitrogens with zero attached hydrogens (tertiary/aromatic N) is 1. The summed E-state index contributed by atoms with van der Waals surface area (Å²) in [4.78, 5) is 14.7. The highest BCUT2D eigenvalue weighted by Crippen LogP contribution is 2.26. The number of methoxy groups -OCH3 is 1. The summed E-state index contributed by atoms with van der Waals surface area (Å²) in [7, 11) is 1.70. The van der Waals surface area contributed by atoms with E-state index in [1.54, 1.807) is 7.11 Å². The highest BCUT2D eigenvalue weighted by atomic mass is 35.5. The largest absolute Gasteiger partial charge is 0.497 e. The van der Waals surface area contributed by atoms with E-state index >= 15 is 0 Å². The maximum absolute atomic E-state index is 12.4. The summed E-state index contributed by atoms with van der Waals surface area (Å²) in [6.07, 6.45) is 3.03. The average Bonchev–Trinajstić information content (AvgIpc) is 3.09. The van der Waals surface area contributed by atoms with Gasteiger partial charge in [-0.25, -0.2) is 0 Å². The van der Waals surface area contributed by atoms with E-state index in [1.165, 1.54) is 5.69 Å². The van der Waals surface area contributed by atoms with Crippen LogP contribution in [0, 0.1) is 11.8 Å². The quantitative estimate of drug-likeness (QED) is 0.839. The van der Waals surface area contributed by atoms with Crippen LogP contribution in [0.5, 0.6) is 5.75 Å². The number of nitrogens with one attached hydrogen (secondary N) is 2. The molecule has 0 bridgehead atoms. The zero-order valence-electron chi connectivity index (χ0n) is 15.2. The molecule has 2 N–H and O–H groups in total. The monoisotopic (exact) mass is 367 g/mol. The van der Waals surface area contributed by atoms with Gasteiger partial charge in [0.05, 0.1) is 7.11 Å². The molecule has 1 amide bonds. The predicted molar refractivity (Wildman–Crippen MR) is 104 cm³/mol. The minimum atomic E-state index is 0. The van der Waals surface area contributed by atoms with Crippen LogP contribution in [0.25, 0.3) is 0 Å². The Hall–Kier alpha value is -1.46. The minimum absolute atomic E-state index is 0. The summed E-state index contributed by atoms with van der Waals surface area (Å²) >= 11 is 0. The Balaban J connectivity index is 0.00000225. The fraction of sp³-hybridized carbons (Fsp3) is 0.632. The van der Waals surface area contributed by atoms with Crippen LogP contribution in [0.3, 0.4) is 0 Å². The van der Waals surface area contributed by atoms with E-state index in [9.17, 15) is 4.79 Å². The first-order valence-corrected chi connectivity index (χ1v) is 9.06. The third-order valence-corrected chi connectivity index (χ3v) is 5.26. The summed E-state index contributed by atoms with van der Waals surface area (Å²) in [5.41, 5.74) is 1.20. The van der Waals surface area contributed by atoms with Crippen molar-refractivity contribution in [3.05, 3.63) is 24.3 Å². The second-order valence-electron chi connectivity index (χ2n) is 7.12. The smallest absolute Gasteiger partial charge is 0.223 e. The molecule has 2 saturated heterocycles. The molecule has 0 spiro atoms. The molecule has 0 aromatic heterocycles. The van der Waals surface area contributed by atoms with Crippen LogP contribution in [-0.2, 0) is 4.79 Å². The van der Waals surface area contributed by atoms with Gasteiger partial charge < -0.3 is 20.3 Å². The van der Waals surface area contributed by atoms with Crippen molar-refractivity contribution in [1.29, 1.82) is 0 Å². The van der Waals surface area contributed by atoms with Crippen molar-refractivity contribution in [1.82, 2.24) is 10.6 Å². The Morgan fingerprint density at radius 2 is 2.24 bits per heavy atom. The summed E-state index contributed by atoms with van der Waals surface area (Å²) in [6.45, 7) is 5.93. The van der Waals surface area contributed by atoms with Crippen molar-refractivity contribution >= 4 is 24.0 Å². The number of rotatable bonds is 5. The summed E-state index contributed by atoms with van der Waals surface area (Å²) in [6, 6.07) is 8.65. The topological polar surface area (TPSA) is 53.6 Å². The SMILES string of the molecule is COc1cccc(N2CCC(CNC(=O)[C@H]3CCN[C@@H](C)C3)C2)c1.Cl. The lowest BCUT2D eigenvalue weighted by molar-refractivity contribution is -0.126. The number of halogens is 1. The van der Waals surface area contributed by atoms with Gasteiger partial charge in [0.1, 0.15) is 5.75 Å². The molecule has 0 radical (unpaired) electrons. The maximum atomic E-state index is 12.4. The molecule has 1 aromatic carbocycles. The van der Waals surface area contributed by atoms with Gasteiger partial charge in [-0.3, -0.25) is 4.79 Å². The van der Waals surface area contributed by atoms with Gasteiger partial charge in [0.15, 0.2) is 0 Å². The van der Waals surface area contributed by atoms with Gasteiger partial charge in [-0.05, 0) is 50.8 Å². The molecular weight excluding hydrogens is 338 g/mol. The Morgan fingerprint density at radius 3 is 3.00 bits per heavy atom. The molecule has 0 saturated carbocycles. The molecule has 1 unspecified atom stereocenters. The van der Waals surface area contributed by atoms with Crippen molar-refractivity contribution in [2.24, 2.45) is 11.8 Å². The molecular formula is C19H30ClN3O2. The number of benzene rings is 1. The van der Waals surface area contributed by atoms with Gasteiger partial charge >= 0.3 is 0 Å². The Kier molecular flexibility index (Phi) is 7.38. The molecule has 0 aliphatic carbocycles. The summed E-state index contributed by atoms with van der Waals surface area (Å²) in [5, 5.41) is 6.59. The number of carbonyl (C=O) groups excluding carboxylic acids is 1. The average molecular weight is 368 g/mol. The minimum Gasteiger partial charge on any atom is -0.497 e. The summed E-state index contributed by atoms with van der Waals surface area (Å²) in [5.74, 6) is 1.84. The van der Waals surface area contributed by atoms with Crippen LogP contribution < -0.4 is 20.3 Å². The molecule has 3 rings (SSSR count). The van der Waals surface area contributed by atoms with E-state index in [0.29, 0.717) is 12.0 Å². The highest BCUT2D eigenvalue weighted by Gasteiger charge is 2.27. The zero-order chi connectivity index (χ0) is 16.9. The van der Waals surface area contributed by atoms with Crippen LogP contribution in [0.1, 0.15) is 26.2 Å². The number of amides is 1. The molecule has 3 atom stereocenters. The van der Waals surface area contributed by atoms with Crippen LogP contribution in [0.15, 0.2) is 24.3 Å². The number of anilines is 1. The van der Waals surface area contributed by atoms with Crippen molar-refractivity contribution < 1.29 is 9.53 Å². The van der Waals surface area contributed by atoms with Crippen LogP contribution >= 0.6 is 12.4 Å². The van der Waals surface area contributed by atoms with Crippen LogP contribution in [-0.4, -0.2) is 45.2 Å². The lowest BCUT2D eigenvalue weighted by Gasteiger charge is -2.27. The normalized spacial score (nSPS) is 26.0. The maximum Gasteiger partial charge on any atom is 0.223 e. The van der Waals surface area contributed by atoms with E-state index in [2.05, 4.69) is 34.6 Å². The van der Waals surface area contributed by atoms with Crippen molar-refractivity contribution in [2.75, 3.05) is 38.2 Å². The van der Waals surface area contributed by atoms with Gasteiger partial charge in [0.2, 0.25) is 5.91 Å². The molecule has 2 aliphatic heterocycles. The molecule has 5 nitrogen and oxygen atoms in total. The second kappa shape index (κ2) is 9.30. The number of hydrogen-bond acceptors (Lipinski definition) is 4. The zero-order valence-corrected chi connectivity index (χ0v) is 16.0. The van der Waals surface area contributed by atoms with Gasteiger partial charge in [-0.1, -0.05) is 6.07 Å². The van der Waals surface area contributed by atoms with Gasteiger partial charge in [-0.15, -0.1) is 12.4 Å². The first-order chi connectivity index (χ1) is 11.7. The van der Waals surface area contributed by atoms with Crippen molar-refractivity contribution in [2.45, 2.75) is 32.2 Å². The highest BCUT2D eigenvalue weighted by molar-refractivity contribution is 5.85. The molecule has 2 aliphatic rings. The molecule has 2 heterocycles. The molecule has 2 fully saturated rings.